The van der Waals surface area contributed by atoms with Gasteiger partial charge in [-0.1, -0.05) is 31.9 Å². The van der Waals surface area contributed by atoms with Gasteiger partial charge in [0.1, 0.15) is 6.61 Å². The van der Waals surface area contributed by atoms with Gasteiger partial charge >= 0.3 is 0 Å². The molecule has 2 atom stereocenters. The molecule has 0 amide bonds. The maximum absolute atomic E-state index is 5.75. The summed E-state index contributed by atoms with van der Waals surface area (Å²) >= 11 is 0. The molecule has 2 unspecified atom stereocenters. The van der Waals surface area contributed by atoms with Crippen molar-refractivity contribution < 1.29 is 9.47 Å². The van der Waals surface area contributed by atoms with Crippen molar-refractivity contribution in [1.29, 1.82) is 0 Å². The van der Waals surface area contributed by atoms with E-state index in [1.54, 1.807) is 7.11 Å². The van der Waals surface area contributed by atoms with Gasteiger partial charge in [-0.2, -0.15) is 0 Å². The Morgan fingerprint density at radius 2 is 2.00 bits per heavy atom. The van der Waals surface area contributed by atoms with Gasteiger partial charge in [0.2, 0.25) is 0 Å². The van der Waals surface area contributed by atoms with Crippen LogP contribution in [0.5, 0.6) is 11.5 Å². The molecule has 3 nitrogen and oxygen atoms in total. The van der Waals surface area contributed by atoms with E-state index in [1.165, 1.54) is 25.7 Å². The third-order valence-corrected chi connectivity index (χ3v) is 4.08. The average Bonchev–Trinajstić information content (AvgIpc) is 2.47. The van der Waals surface area contributed by atoms with Crippen molar-refractivity contribution in [2.45, 2.75) is 32.6 Å². The maximum atomic E-state index is 5.75. The predicted octanol–water partition coefficient (Wildman–Crippen LogP) is 3.49. The van der Waals surface area contributed by atoms with Crippen molar-refractivity contribution in [3.8, 4) is 11.5 Å². The van der Waals surface area contributed by atoms with Gasteiger partial charge in [0.05, 0.1) is 7.11 Å². The molecular formula is C17H27NO2. The highest BCUT2D eigenvalue weighted by atomic mass is 16.5. The lowest BCUT2D eigenvalue weighted by molar-refractivity contribution is 0.258. The molecule has 0 heterocycles. The van der Waals surface area contributed by atoms with Crippen LogP contribution in [0.2, 0.25) is 0 Å². The molecule has 1 saturated carbocycles. The minimum atomic E-state index is 0.683. The van der Waals surface area contributed by atoms with E-state index in [9.17, 15) is 0 Å². The van der Waals surface area contributed by atoms with Crippen LogP contribution in [0.15, 0.2) is 24.3 Å². The zero-order valence-corrected chi connectivity index (χ0v) is 12.7. The molecule has 1 aliphatic carbocycles. The van der Waals surface area contributed by atoms with E-state index in [4.69, 9.17) is 9.47 Å². The average molecular weight is 277 g/mol. The van der Waals surface area contributed by atoms with E-state index in [2.05, 4.69) is 12.2 Å². The number of hydrogen-bond donors (Lipinski definition) is 1. The molecule has 1 aliphatic rings. The molecule has 20 heavy (non-hydrogen) atoms. The van der Waals surface area contributed by atoms with Crippen molar-refractivity contribution >= 4 is 0 Å². The smallest absolute Gasteiger partial charge is 0.161 e. The second kappa shape index (κ2) is 8.15. The molecule has 3 heteroatoms. The highest BCUT2D eigenvalue weighted by Gasteiger charge is 2.18. The van der Waals surface area contributed by atoms with Crippen LogP contribution >= 0.6 is 0 Å². The molecule has 0 aliphatic heterocycles. The zero-order valence-electron chi connectivity index (χ0n) is 12.7. The summed E-state index contributed by atoms with van der Waals surface area (Å²) in [4.78, 5) is 0. The Bertz CT molecular complexity index is 394. The fraction of sp³-hybridized carbons (Fsp3) is 0.647. The molecule has 1 N–H and O–H groups in total. The van der Waals surface area contributed by atoms with Crippen molar-refractivity contribution in [1.82, 2.24) is 5.32 Å². The van der Waals surface area contributed by atoms with Crippen LogP contribution in [0.1, 0.15) is 32.6 Å². The summed E-state index contributed by atoms with van der Waals surface area (Å²) in [6, 6.07) is 7.79. The Kier molecular flexibility index (Phi) is 6.19. The normalized spacial score (nSPS) is 22.5. The Balaban J connectivity index is 1.61. The van der Waals surface area contributed by atoms with Crippen LogP contribution in [-0.4, -0.2) is 26.8 Å². The Hall–Kier alpha value is -1.22. The summed E-state index contributed by atoms with van der Waals surface area (Å²) in [6.45, 7) is 5.07. The maximum Gasteiger partial charge on any atom is 0.161 e. The van der Waals surface area contributed by atoms with E-state index < -0.39 is 0 Å². The lowest BCUT2D eigenvalue weighted by Crippen LogP contribution is -2.29. The first-order valence-corrected chi connectivity index (χ1v) is 7.76. The summed E-state index contributed by atoms with van der Waals surface area (Å²) in [5.41, 5.74) is 0. The molecule has 0 spiro atoms. The summed E-state index contributed by atoms with van der Waals surface area (Å²) < 4.78 is 11.0. The molecule has 1 aromatic rings. The van der Waals surface area contributed by atoms with Crippen molar-refractivity contribution in [3.63, 3.8) is 0 Å². The monoisotopic (exact) mass is 277 g/mol. The van der Waals surface area contributed by atoms with E-state index in [0.717, 1.165) is 36.4 Å². The lowest BCUT2D eigenvalue weighted by Gasteiger charge is -2.26. The molecule has 0 saturated heterocycles. The number of hydrogen-bond acceptors (Lipinski definition) is 3. The van der Waals surface area contributed by atoms with E-state index in [-0.39, 0.29) is 0 Å². The van der Waals surface area contributed by atoms with Gasteiger partial charge in [-0.05, 0) is 43.4 Å². The third-order valence-electron chi connectivity index (χ3n) is 4.08. The van der Waals surface area contributed by atoms with Crippen molar-refractivity contribution in [3.05, 3.63) is 24.3 Å². The highest BCUT2D eigenvalue weighted by Crippen LogP contribution is 2.28. The first kappa shape index (κ1) is 15.2. The SMILES string of the molecule is COc1ccccc1OCCNCC1CCCC(C)C1. The fourth-order valence-corrected chi connectivity index (χ4v) is 3.02. The number of para-hydroxylation sites is 2. The number of benzene rings is 1. The van der Waals surface area contributed by atoms with Gasteiger partial charge in [0.15, 0.2) is 11.5 Å². The first-order valence-electron chi connectivity index (χ1n) is 7.76. The molecular weight excluding hydrogens is 250 g/mol. The number of ether oxygens (including phenoxy) is 2. The number of rotatable bonds is 7. The van der Waals surface area contributed by atoms with Crippen LogP contribution in [0, 0.1) is 11.8 Å². The topological polar surface area (TPSA) is 30.5 Å². The Labute approximate surface area is 122 Å². The van der Waals surface area contributed by atoms with Crippen LogP contribution < -0.4 is 14.8 Å². The van der Waals surface area contributed by atoms with Gasteiger partial charge in [-0.25, -0.2) is 0 Å². The van der Waals surface area contributed by atoms with Gasteiger partial charge < -0.3 is 14.8 Å². The van der Waals surface area contributed by atoms with Crippen LogP contribution in [-0.2, 0) is 0 Å². The highest BCUT2D eigenvalue weighted by molar-refractivity contribution is 5.39. The second-order valence-electron chi connectivity index (χ2n) is 5.84. The van der Waals surface area contributed by atoms with Gasteiger partial charge in [-0.15, -0.1) is 0 Å². The van der Waals surface area contributed by atoms with Crippen LogP contribution in [0.3, 0.4) is 0 Å². The Morgan fingerprint density at radius 3 is 2.75 bits per heavy atom. The zero-order chi connectivity index (χ0) is 14.2. The minimum absolute atomic E-state index is 0.683. The van der Waals surface area contributed by atoms with Crippen molar-refractivity contribution in [2.24, 2.45) is 11.8 Å². The number of nitrogens with one attached hydrogen (secondary N) is 1. The fourth-order valence-electron chi connectivity index (χ4n) is 3.02. The molecule has 0 radical (unpaired) electrons. The molecule has 0 aromatic heterocycles. The molecule has 1 aromatic carbocycles. The molecule has 1 fully saturated rings. The third kappa shape index (κ3) is 4.71. The van der Waals surface area contributed by atoms with Crippen LogP contribution in [0.4, 0.5) is 0 Å². The van der Waals surface area contributed by atoms with E-state index >= 15 is 0 Å². The Morgan fingerprint density at radius 1 is 1.20 bits per heavy atom. The number of methoxy groups -OCH3 is 1. The summed E-state index contributed by atoms with van der Waals surface area (Å²) in [5, 5.41) is 3.52. The summed E-state index contributed by atoms with van der Waals surface area (Å²) in [5.74, 6) is 3.38. The van der Waals surface area contributed by atoms with E-state index in [0.29, 0.717) is 6.61 Å². The molecule has 2 rings (SSSR count). The summed E-state index contributed by atoms with van der Waals surface area (Å²) in [7, 11) is 1.67. The quantitative estimate of drug-likeness (QED) is 0.774. The van der Waals surface area contributed by atoms with E-state index in [1.807, 2.05) is 24.3 Å². The largest absolute Gasteiger partial charge is 0.493 e. The van der Waals surface area contributed by atoms with Gasteiger partial charge in [0, 0.05) is 6.54 Å². The second-order valence-corrected chi connectivity index (χ2v) is 5.84. The minimum Gasteiger partial charge on any atom is -0.493 e. The predicted molar refractivity (Wildman–Crippen MR) is 82.5 cm³/mol. The first-order chi connectivity index (χ1) is 9.79. The van der Waals surface area contributed by atoms with Gasteiger partial charge in [-0.3, -0.25) is 0 Å². The lowest BCUT2D eigenvalue weighted by atomic mass is 9.82. The van der Waals surface area contributed by atoms with Crippen molar-refractivity contribution in [2.75, 3.05) is 26.8 Å². The van der Waals surface area contributed by atoms with Crippen LogP contribution in [0.25, 0.3) is 0 Å². The summed E-state index contributed by atoms with van der Waals surface area (Å²) in [6.07, 6.45) is 5.56. The van der Waals surface area contributed by atoms with Gasteiger partial charge in [0.25, 0.3) is 0 Å². The standard InChI is InChI=1S/C17H27NO2/c1-14-6-5-7-15(12-14)13-18-10-11-20-17-9-4-3-8-16(17)19-2/h3-4,8-9,14-15,18H,5-7,10-13H2,1-2H3. The molecule has 0 bridgehead atoms. The molecule has 112 valence electrons.